The Balaban J connectivity index is 2.50. The van der Waals surface area contributed by atoms with Gasteiger partial charge in [-0.1, -0.05) is 66.5 Å². The van der Waals surface area contributed by atoms with Crippen molar-refractivity contribution in [3.8, 4) is 5.75 Å². The molecule has 0 bridgehead atoms. The molecule has 0 spiro atoms. The SMILES string of the molecule is CCCC[C@H](N)C(=O)N[C@@H](CCCNC(=N)N)C(=O)N(C)[C@@H](CCCNC(=N)N)C(=O)N1CCC[C@H]1C(=O)N[C@@H](Cc1ccc(O)cc1)C(=O)N[C@H](C(=O)N[C@@H](CC(C)C)C(=O)O)C(C)(C)C. The summed E-state index contributed by atoms with van der Waals surface area (Å²) in [4.78, 5) is 99.3. The van der Waals surface area contributed by atoms with Crippen LogP contribution in [-0.4, -0.2) is 142 Å². The summed E-state index contributed by atoms with van der Waals surface area (Å²) in [6, 6.07) is -2.07. The Labute approximate surface area is 394 Å². The van der Waals surface area contributed by atoms with Gasteiger partial charge in [-0.3, -0.25) is 39.6 Å². The van der Waals surface area contributed by atoms with Crippen molar-refractivity contribution in [2.24, 2.45) is 28.5 Å². The molecule has 16 N–H and O–H groups in total. The number of carbonyl (C=O) groups is 7. The zero-order valence-corrected chi connectivity index (χ0v) is 40.2. The minimum Gasteiger partial charge on any atom is -0.508 e. The van der Waals surface area contributed by atoms with Crippen LogP contribution >= 0.6 is 0 Å². The van der Waals surface area contributed by atoms with Gasteiger partial charge in [0.05, 0.1) is 6.04 Å². The first-order valence-electron chi connectivity index (χ1n) is 23.1. The fraction of sp³-hybridized carbons (Fsp3) is 0.667. The van der Waals surface area contributed by atoms with Crippen molar-refractivity contribution in [3.63, 3.8) is 0 Å². The third-order valence-electron chi connectivity index (χ3n) is 11.5. The monoisotopic (exact) mass is 944 g/mol. The standard InChI is InChI=1S/C45H77N13O9/c1-8-9-13-29(46)36(60)53-30(14-10-21-51-43(47)48)40(64)57(7)34(15-11-22-52-44(49)50)41(65)58-23-12-16-33(58)38(62)54-31(25-27-17-19-28(59)20-18-27)37(61)56-35(45(4,5)6)39(63)55-32(42(66)67)24-26(2)3/h17-20,26,29-35,59H,8-16,21-25,46H2,1-7H3,(H,53,60)(H,54,62)(H,55,63)(H,56,61)(H,66,67)(H4,47,48,51)(H4,49,50,52)/t29-,30-,31-,32-,33-,34-,35+/m0/s1. The lowest BCUT2D eigenvalue weighted by molar-refractivity contribution is -0.149. The molecule has 22 heteroatoms. The highest BCUT2D eigenvalue weighted by atomic mass is 16.4. The zero-order valence-electron chi connectivity index (χ0n) is 40.2. The largest absolute Gasteiger partial charge is 0.508 e. The van der Waals surface area contributed by atoms with Gasteiger partial charge in [0.1, 0.15) is 42.0 Å². The number of unbranched alkanes of at least 4 members (excludes halogenated alkanes) is 1. The molecule has 22 nitrogen and oxygen atoms in total. The molecular weight excluding hydrogens is 867 g/mol. The molecule has 1 aromatic carbocycles. The predicted molar refractivity (Wildman–Crippen MR) is 253 cm³/mol. The Hall–Kier alpha value is -6.19. The van der Waals surface area contributed by atoms with E-state index < -0.39 is 89.1 Å². The van der Waals surface area contributed by atoms with Crippen molar-refractivity contribution in [1.29, 1.82) is 10.8 Å². The number of phenolic OH excluding ortho intramolecular Hbond substituents is 1. The van der Waals surface area contributed by atoms with Crippen molar-refractivity contribution in [3.05, 3.63) is 29.8 Å². The second-order valence-corrected chi connectivity index (χ2v) is 18.7. The van der Waals surface area contributed by atoms with Gasteiger partial charge in [-0.15, -0.1) is 0 Å². The van der Waals surface area contributed by atoms with Gasteiger partial charge in [0.2, 0.25) is 35.4 Å². The van der Waals surface area contributed by atoms with Gasteiger partial charge < -0.3 is 69.1 Å². The van der Waals surface area contributed by atoms with E-state index in [1.807, 2.05) is 20.8 Å². The fourth-order valence-electron chi connectivity index (χ4n) is 7.73. The Morgan fingerprint density at radius 2 is 1.40 bits per heavy atom. The van der Waals surface area contributed by atoms with E-state index >= 15 is 0 Å². The number of guanidine groups is 2. The van der Waals surface area contributed by atoms with Crippen LogP contribution in [0.4, 0.5) is 0 Å². The summed E-state index contributed by atoms with van der Waals surface area (Å²) in [6.07, 6.45) is 3.30. The number of phenols is 1. The van der Waals surface area contributed by atoms with Crippen molar-refractivity contribution in [1.82, 2.24) is 41.7 Å². The number of likely N-dealkylation sites (N-methyl/N-ethyl adjacent to an activating group) is 1. The highest BCUT2D eigenvalue weighted by Gasteiger charge is 2.42. The normalized spacial score (nSPS) is 16.3. The molecule has 1 aliphatic heterocycles. The summed E-state index contributed by atoms with van der Waals surface area (Å²) in [5.74, 6) is -5.76. The van der Waals surface area contributed by atoms with E-state index in [0.29, 0.717) is 31.2 Å². The van der Waals surface area contributed by atoms with Crippen molar-refractivity contribution >= 4 is 53.3 Å². The number of hydrogen-bond donors (Lipinski definition) is 13. The number of carboxylic acids is 1. The number of benzene rings is 1. The third-order valence-corrected chi connectivity index (χ3v) is 11.5. The molecule has 2 rings (SSSR count). The molecule has 1 fully saturated rings. The highest BCUT2D eigenvalue weighted by Crippen LogP contribution is 2.24. The van der Waals surface area contributed by atoms with E-state index in [2.05, 4.69) is 31.9 Å². The number of hydrogen-bond acceptors (Lipinski definition) is 11. The molecule has 6 amide bonds. The van der Waals surface area contributed by atoms with Crippen LogP contribution < -0.4 is 49.1 Å². The molecule has 0 aromatic heterocycles. The number of carboxylic acid groups (broad SMARTS) is 1. The number of rotatable bonds is 27. The van der Waals surface area contributed by atoms with E-state index in [9.17, 15) is 43.8 Å². The van der Waals surface area contributed by atoms with Crippen LogP contribution in [0.3, 0.4) is 0 Å². The lowest BCUT2D eigenvalue weighted by Crippen LogP contribution is -2.61. The summed E-state index contributed by atoms with van der Waals surface area (Å²) in [7, 11) is 1.43. The summed E-state index contributed by atoms with van der Waals surface area (Å²) in [6.45, 7) is 11.2. The van der Waals surface area contributed by atoms with Crippen LogP contribution in [0.1, 0.15) is 111 Å². The molecule has 0 aliphatic carbocycles. The Kier molecular flexibility index (Phi) is 23.3. The van der Waals surface area contributed by atoms with Crippen LogP contribution in [0.15, 0.2) is 24.3 Å². The van der Waals surface area contributed by atoms with Gasteiger partial charge in [0.15, 0.2) is 11.9 Å². The molecular formula is C45H77N13O9. The van der Waals surface area contributed by atoms with Crippen molar-refractivity contribution in [2.75, 3.05) is 26.7 Å². The maximum atomic E-state index is 14.7. The molecule has 1 aromatic rings. The van der Waals surface area contributed by atoms with Gasteiger partial charge in [-0.2, -0.15) is 0 Å². The number of nitrogens with zero attached hydrogens (tertiary/aromatic N) is 2. The molecule has 7 atom stereocenters. The van der Waals surface area contributed by atoms with E-state index in [4.69, 9.17) is 28.0 Å². The molecule has 1 aliphatic rings. The fourth-order valence-corrected chi connectivity index (χ4v) is 7.73. The number of likely N-dealkylation sites (tertiary alicyclic amines) is 1. The highest BCUT2D eigenvalue weighted by molar-refractivity contribution is 5.97. The molecule has 0 unspecified atom stereocenters. The number of nitrogens with two attached hydrogens (primary N) is 3. The summed E-state index contributed by atoms with van der Waals surface area (Å²) in [5.41, 5.74) is 16.7. The Bertz CT molecular complexity index is 1860. The van der Waals surface area contributed by atoms with Gasteiger partial charge >= 0.3 is 5.97 Å². The lowest BCUT2D eigenvalue weighted by Gasteiger charge is -2.36. The number of aromatic hydroxyl groups is 1. The maximum Gasteiger partial charge on any atom is 0.326 e. The topological polar surface area (TPSA) is 364 Å². The summed E-state index contributed by atoms with van der Waals surface area (Å²) < 4.78 is 0. The molecule has 0 radical (unpaired) electrons. The van der Waals surface area contributed by atoms with Crippen LogP contribution in [0, 0.1) is 22.2 Å². The molecule has 1 saturated heterocycles. The van der Waals surface area contributed by atoms with E-state index in [1.165, 1.54) is 29.0 Å². The van der Waals surface area contributed by atoms with E-state index in [0.717, 1.165) is 6.42 Å². The van der Waals surface area contributed by atoms with Gasteiger partial charge in [0, 0.05) is 33.1 Å². The van der Waals surface area contributed by atoms with Crippen molar-refractivity contribution in [2.45, 2.75) is 154 Å². The first-order chi connectivity index (χ1) is 31.4. The molecule has 1 heterocycles. The molecule has 0 saturated carbocycles. The van der Waals surface area contributed by atoms with Gasteiger partial charge in [-0.25, -0.2) is 4.79 Å². The minimum atomic E-state index is -1.32. The van der Waals surface area contributed by atoms with E-state index in [1.54, 1.807) is 32.9 Å². The van der Waals surface area contributed by atoms with Gasteiger partial charge in [0.25, 0.3) is 0 Å². The van der Waals surface area contributed by atoms with Crippen LogP contribution in [0.2, 0.25) is 0 Å². The molecule has 376 valence electrons. The maximum absolute atomic E-state index is 14.7. The minimum absolute atomic E-state index is 0.0305. The number of nitrogens with one attached hydrogen (secondary N) is 8. The Morgan fingerprint density at radius 1 is 0.821 bits per heavy atom. The number of carbonyl (C=O) groups excluding carboxylic acids is 6. The van der Waals surface area contributed by atoms with Crippen LogP contribution in [0.5, 0.6) is 5.75 Å². The summed E-state index contributed by atoms with van der Waals surface area (Å²) in [5, 5.41) is 51.0. The average molecular weight is 944 g/mol. The van der Waals surface area contributed by atoms with E-state index in [-0.39, 0.29) is 81.7 Å². The second-order valence-electron chi connectivity index (χ2n) is 18.7. The van der Waals surface area contributed by atoms with Crippen LogP contribution in [0.25, 0.3) is 0 Å². The molecule has 67 heavy (non-hydrogen) atoms. The number of amides is 6. The summed E-state index contributed by atoms with van der Waals surface area (Å²) >= 11 is 0. The first-order valence-corrected chi connectivity index (χ1v) is 23.1. The quantitative estimate of drug-likeness (QED) is 0.0312. The third kappa shape index (κ3) is 19.3. The van der Waals surface area contributed by atoms with Crippen LogP contribution in [-0.2, 0) is 40.0 Å². The second kappa shape index (κ2) is 27.4. The predicted octanol–water partition coefficient (Wildman–Crippen LogP) is -0.0873. The smallest absolute Gasteiger partial charge is 0.326 e. The van der Waals surface area contributed by atoms with Gasteiger partial charge in [-0.05, 0) is 80.4 Å². The lowest BCUT2D eigenvalue weighted by atomic mass is 9.85. The first kappa shape index (κ1) is 56.9. The zero-order chi connectivity index (χ0) is 50.6. The van der Waals surface area contributed by atoms with Crippen molar-refractivity contribution < 1.29 is 43.8 Å². The Morgan fingerprint density at radius 3 is 1.94 bits per heavy atom. The average Bonchev–Trinajstić information content (AvgIpc) is 3.75. The number of aliphatic carboxylic acids is 1.